The molecular formula is C15H10BrF3N4S. The Morgan fingerprint density at radius 2 is 1.96 bits per heavy atom. The number of alkyl halides is 3. The number of nitrogens with one attached hydrogen (secondary N) is 1. The first kappa shape index (κ1) is 16.7. The molecule has 0 radical (unpaired) electrons. The summed E-state index contributed by atoms with van der Waals surface area (Å²) in [4.78, 5) is 8.40. The number of nitrogens with two attached hydrogens (primary N) is 1. The van der Waals surface area contributed by atoms with Gasteiger partial charge in [0.25, 0.3) is 0 Å². The molecule has 0 saturated heterocycles. The van der Waals surface area contributed by atoms with Crippen LogP contribution in [0.1, 0.15) is 5.56 Å². The van der Waals surface area contributed by atoms with Crippen LogP contribution in [0.15, 0.2) is 46.4 Å². The fourth-order valence-electron chi connectivity index (χ4n) is 1.98. The molecular weight excluding hydrogens is 405 g/mol. The van der Waals surface area contributed by atoms with Crippen molar-refractivity contribution in [3.8, 4) is 11.3 Å². The van der Waals surface area contributed by atoms with E-state index in [9.17, 15) is 13.2 Å². The van der Waals surface area contributed by atoms with E-state index in [0.717, 1.165) is 21.5 Å². The first-order valence-electron chi connectivity index (χ1n) is 6.65. The van der Waals surface area contributed by atoms with Crippen molar-refractivity contribution in [1.29, 1.82) is 0 Å². The van der Waals surface area contributed by atoms with Gasteiger partial charge >= 0.3 is 6.18 Å². The predicted molar refractivity (Wildman–Crippen MR) is 92.2 cm³/mol. The van der Waals surface area contributed by atoms with Crippen LogP contribution >= 0.6 is 27.3 Å². The second-order valence-corrected chi connectivity index (χ2v) is 7.13. The molecule has 2 aromatic heterocycles. The molecule has 2 heterocycles. The summed E-state index contributed by atoms with van der Waals surface area (Å²) < 4.78 is 39.0. The Morgan fingerprint density at radius 1 is 1.17 bits per heavy atom. The summed E-state index contributed by atoms with van der Waals surface area (Å²) >= 11 is 4.68. The van der Waals surface area contributed by atoms with E-state index in [2.05, 4.69) is 31.2 Å². The molecule has 0 fully saturated rings. The highest BCUT2D eigenvalue weighted by molar-refractivity contribution is 9.11. The summed E-state index contributed by atoms with van der Waals surface area (Å²) in [6, 6.07) is 8.39. The number of thiazole rings is 1. The van der Waals surface area contributed by atoms with Gasteiger partial charge in [-0.15, -0.1) is 0 Å². The van der Waals surface area contributed by atoms with Crippen LogP contribution < -0.4 is 11.1 Å². The van der Waals surface area contributed by atoms with Crippen LogP contribution in [0.2, 0.25) is 0 Å². The average molecular weight is 415 g/mol. The van der Waals surface area contributed by atoms with E-state index in [-0.39, 0.29) is 0 Å². The molecule has 0 aliphatic rings. The smallest absolute Gasteiger partial charge is 0.384 e. The lowest BCUT2D eigenvalue weighted by Crippen LogP contribution is -2.05. The summed E-state index contributed by atoms with van der Waals surface area (Å²) in [5.74, 6) is 0.396. The van der Waals surface area contributed by atoms with Crippen molar-refractivity contribution < 1.29 is 13.2 Å². The maximum Gasteiger partial charge on any atom is 0.416 e. The largest absolute Gasteiger partial charge is 0.416 e. The number of rotatable bonds is 3. The summed E-state index contributed by atoms with van der Waals surface area (Å²) in [6.45, 7) is 0. The maximum absolute atomic E-state index is 12.8. The zero-order chi connectivity index (χ0) is 17.3. The molecule has 3 N–H and O–H groups in total. The van der Waals surface area contributed by atoms with Crippen LogP contribution in [0, 0.1) is 0 Å². The second kappa shape index (κ2) is 6.40. The summed E-state index contributed by atoms with van der Waals surface area (Å²) in [5, 5.41) is 3.36. The molecule has 0 bridgehead atoms. The first-order chi connectivity index (χ1) is 11.3. The van der Waals surface area contributed by atoms with Gasteiger partial charge in [-0.1, -0.05) is 17.4 Å². The first-order valence-corrected chi connectivity index (χ1v) is 8.26. The number of benzene rings is 1. The van der Waals surface area contributed by atoms with Gasteiger partial charge < -0.3 is 11.1 Å². The van der Waals surface area contributed by atoms with Crippen LogP contribution in [-0.4, -0.2) is 9.97 Å². The van der Waals surface area contributed by atoms with Gasteiger partial charge in [0.05, 0.1) is 15.0 Å². The Morgan fingerprint density at radius 3 is 2.62 bits per heavy atom. The van der Waals surface area contributed by atoms with Gasteiger partial charge in [-0.25, -0.2) is 9.97 Å². The second-order valence-electron chi connectivity index (χ2n) is 4.82. The Hall–Kier alpha value is -2.13. The standard InChI is InChI=1S/C15H10BrF3N4S/c16-13-12(8-4-5-11(20)21-7-8)23-14(24-13)22-10-3-1-2-9(6-10)15(17,18)19/h1-7H,(H2,20,21)(H,22,23). The highest BCUT2D eigenvalue weighted by atomic mass is 79.9. The number of halogens is 4. The monoisotopic (exact) mass is 414 g/mol. The number of nitrogen functional groups attached to an aromatic ring is 1. The Labute approximate surface area is 147 Å². The molecule has 1 aromatic carbocycles. The van der Waals surface area contributed by atoms with Crippen LogP contribution in [0.5, 0.6) is 0 Å². The van der Waals surface area contributed by atoms with E-state index < -0.39 is 11.7 Å². The van der Waals surface area contributed by atoms with Crippen molar-refractivity contribution >= 4 is 43.9 Å². The van der Waals surface area contributed by atoms with Crippen molar-refractivity contribution in [1.82, 2.24) is 9.97 Å². The number of anilines is 3. The molecule has 0 aliphatic carbocycles. The van der Waals surface area contributed by atoms with Gasteiger partial charge in [0.1, 0.15) is 5.82 Å². The van der Waals surface area contributed by atoms with Crippen molar-refractivity contribution in [3.63, 3.8) is 0 Å². The average Bonchev–Trinajstić information content (AvgIpc) is 2.88. The maximum atomic E-state index is 12.8. The third-order valence-corrected chi connectivity index (χ3v) is 4.71. The number of hydrogen-bond acceptors (Lipinski definition) is 5. The fourth-order valence-corrected chi connectivity index (χ4v) is 3.49. The Kier molecular flexibility index (Phi) is 4.46. The van der Waals surface area contributed by atoms with E-state index in [4.69, 9.17) is 5.73 Å². The quantitative estimate of drug-likeness (QED) is 0.609. The number of aromatic nitrogens is 2. The van der Waals surface area contributed by atoms with Gasteiger partial charge in [0.2, 0.25) is 0 Å². The predicted octanol–water partition coefficient (Wildman–Crippen LogP) is 5.31. The lowest BCUT2D eigenvalue weighted by molar-refractivity contribution is -0.137. The minimum absolute atomic E-state index is 0.313. The highest BCUT2D eigenvalue weighted by Gasteiger charge is 2.30. The molecule has 4 nitrogen and oxygen atoms in total. The molecule has 24 heavy (non-hydrogen) atoms. The molecule has 0 amide bonds. The van der Waals surface area contributed by atoms with Gasteiger partial charge in [-0.05, 0) is 46.3 Å². The summed E-state index contributed by atoms with van der Waals surface area (Å²) in [5.41, 5.74) is 6.55. The van der Waals surface area contributed by atoms with Gasteiger partial charge in [0, 0.05) is 17.4 Å². The molecule has 0 atom stereocenters. The molecule has 0 saturated carbocycles. The fraction of sp³-hybridized carbons (Fsp3) is 0.0667. The third-order valence-electron chi connectivity index (χ3n) is 3.09. The summed E-state index contributed by atoms with van der Waals surface area (Å²) in [7, 11) is 0. The van der Waals surface area contributed by atoms with Gasteiger partial charge in [0.15, 0.2) is 5.13 Å². The molecule has 0 unspecified atom stereocenters. The molecule has 3 aromatic rings. The molecule has 124 valence electrons. The van der Waals surface area contributed by atoms with Crippen molar-refractivity contribution in [3.05, 3.63) is 51.9 Å². The molecule has 0 spiro atoms. The van der Waals surface area contributed by atoms with Crippen molar-refractivity contribution in [2.75, 3.05) is 11.1 Å². The van der Waals surface area contributed by atoms with Crippen LogP contribution in [0.4, 0.5) is 29.8 Å². The van der Waals surface area contributed by atoms with Crippen molar-refractivity contribution in [2.24, 2.45) is 0 Å². The van der Waals surface area contributed by atoms with E-state index in [0.29, 0.717) is 22.3 Å². The molecule has 9 heteroatoms. The van der Waals surface area contributed by atoms with E-state index in [1.807, 2.05) is 0 Å². The highest BCUT2D eigenvalue weighted by Crippen LogP contribution is 2.37. The van der Waals surface area contributed by atoms with Gasteiger partial charge in [-0.2, -0.15) is 13.2 Å². The number of hydrogen-bond donors (Lipinski definition) is 2. The minimum atomic E-state index is -4.39. The lowest BCUT2D eigenvalue weighted by Gasteiger charge is -2.08. The van der Waals surface area contributed by atoms with E-state index >= 15 is 0 Å². The Bertz CT molecular complexity index is 862. The van der Waals surface area contributed by atoms with Crippen LogP contribution in [0.3, 0.4) is 0 Å². The Balaban J connectivity index is 1.87. The van der Waals surface area contributed by atoms with Crippen LogP contribution in [0.25, 0.3) is 11.3 Å². The SMILES string of the molecule is Nc1ccc(-c2nc(Nc3cccc(C(F)(F)F)c3)sc2Br)cn1. The van der Waals surface area contributed by atoms with E-state index in [1.165, 1.54) is 17.4 Å². The lowest BCUT2D eigenvalue weighted by atomic mass is 10.2. The zero-order valence-electron chi connectivity index (χ0n) is 11.9. The molecule has 3 rings (SSSR count). The zero-order valence-corrected chi connectivity index (χ0v) is 14.3. The van der Waals surface area contributed by atoms with Crippen molar-refractivity contribution in [2.45, 2.75) is 6.18 Å². The van der Waals surface area contributed by atoms with E-state index in [1.54, 1.807) is 24.4 Å². The minimum Gasteiger partial charge on any atom is -0.384 e. The number of nitrogens with zero attached hydrogens (tertiary/aromatic N) is 2. The van der Waals surface area contributed by atoms with Gasteiger partial charge in [-0.3, -0.25) is 0 Å². The third kappa shape index (κ3) is 3.68. The molecule has 0 aliphatic heterocycles. The normalized spacial score (nSPS) is 11.5. The number of pyridine rings is 1. The topological polar surface area (TPSA) is 63.8 Å². The van der Waals surface area contributed by atoms with Crippen LogP contribution in [-0.2, 0) is 6.18 Å². The summed E-state index contributed by atoms with van der Waals surface area (Å²) in [6.07, 6.45) is -2.80.